The topological polar surface area (TPSA) is 139 Å². The van der Waals surface area contributed by atoms with Crippen LogP contribution in [0.5, 0.6) is 0 Å². The summed E-state index contributed by atoms with van der Waals surface area (Å²) in [5, 5.41) is 0. The molecule has 2 saturated heterocycles. The van der Waals surface area contributed by atoms with E-state index in [0.29, 0.717) is 11.1 Å². The maximum absolute atomic E-state index is 12.6. The average Bonchev–Trinajstić information content (AvgIpc) is 3.35. The van der Waals surface area contributed by atoms with Crippen LogP contribution in [0.1, 0.15) is 12.8 Å². The fourth-order valence-corrected chi connectivity index (χ4v) is 6.22. The molecule has 2 unspecified atom stereocenters. The molecule has 6 rings (SSSR count). The second-order valence-electron chi connectivity index (χ2n) is 8.10. The van der Waals surface area contributed by atoms with Crippen LogP contribution >= 0.6 is 0 Å². The summed E-state index contributed by atoms with van der Waals surface area (Å²) in [7, 11) is 2.29. The molecule has 29 heavy (non-hydrogen) atoms. The van der Waals surface area contributed by atoms with E-state index < -0.39 is 76.7 Å². The van der Waals surface area contributed by atoms with E-state index in [1.807, 2.05) is 0 Å². The van der Waals surface area contributed by atoms with Crippen molar-refractivity contribution in [2.75, 3.05) is 14.2 Å². The lowest BCUT2D eigenvalue weighted by Crippen LogP contribution is -2.53. The lowest BCUT2D eigenvalue weighted by Gasteiger charge is -2.47. The van der Waals surface area contributed by atoms with Crippen LogP contribution in [0.2, 0.25) is 0 Å². The van der Waals surface area contributed by atoms with Gasteiger partial charge in [0.1, 0.15) is 0 Å². The highest BCUT2D eigenvalue weighted by molar-refractivity contribution is 6.05. The van der Waals surface area contributed by atoms with Crippen LogP contribution in [0.4, 0.5) is 0 Å². The second-order valence-corrected chi connectivity index (χ2v) is 8.10. The number of ether oxygens (including phenoxy) is 4. The van der Waals surface area contributed by atoms with E-state index >= 15 is 0 Å². The summed E-state index contributed by atoms with van der Waals surface area (Å²) >= 11 is 0. The van der Waals surface area contributed by atoms with Gasteiger partial charge in [0, 0.05) is 11.8 Å². The summed E-state index contributed by atoms with van der Waals surface area (Å²) in [6.07, 6.45) is -0.226. The molecule has 3 fully saturated rings. The van der Waals surface area contributed by atoms with Gasteiger partial charge >= 0.3 is 35.8 Å². The van der Waals surface area contributed by atoms with Crippen molar-refractivity contribution < 1.29 is 47.7 Å². The van der Waals surface area contributed by atoms with Gasteiger partial charge in [0.05, 0.1) is 37.9 Å². The molecule has 1 saturated carbocycles. The molecule has 0 spiro atoms. The van der Waals surface area contributed by atoms with Crippen LogP contribution in [0.15, 0.2) is 11.1 Å². The van der Waals surface area contributed by atoms with Crippen molar-refractivity contribution in [2.24, 2.45) is 40.9 Å². The number of cyclic esters (lactones) is 4. The highest BCUT2D eigenvalue weighted by Crippen LogP contribution is 2.67. The molecular weight excluding hydrogens is 388 g/mol. The lowest BCUT2D eigenvalue weighted by molar-refractivity contribution is -0.168. The zero-order valence-corrected chi connectivity index (χ0v) is 15.5. The van der Waals surface area contributed by atoms with E-state index in [1.54, 1.807) is 0 Å². The van der Waals surface area contributed by atoms with Crippen molar-refractivity contribution in [1.82, 2.24) is 0 Å². The number of rotatable bonds is 2. The second kappa shape index (κ2) is 5.52. The van der Waals surface area contributed by atoms with E-state index in [0.717, 1.165) is 14.2 Å². The quantitative estimate of drug-likeness (QED) is 0.251. The number of esters is 6. The van der Waals surface area contributed by atoms with E-state index in [1.165, 1.54) is 0 Å². The fraction of sp³-hybridized carbons (Fsp3) is 0.579. The number of hydrogen-bond acceptors (Lipinski definition) is 10. The molecular formula is C19H16O10. The number of carbonyl (C=O) groups is 6. The standard InChI is InChI=1S/C19H16O10/c1-26-17(24)19(18(25)27-2)3-5-6(4-19)8-11-9(13(20)28-15(11)22)7(5)10-12(8)16(23)29-14(10)21/h7-12H,3-4H2,1-2H3/t7?,8?,9-,10+,11+,12-. The van der Waals surface area contributed by atoms with Crippen LogP contribution < -0.4 is 0 Å². The molecule has 0 aromatic rings. The molecule has 4 aliphatic carbocycles. The summed E-state index contributed by atoms with van der Waals surface area (Å²) in [5.41, 5.74) is -0.583. The summed E-state index contributed by atoms with van der Waals surface area (Å²) < 4.78 is 19.3. The first-order valence-corrected chi connectivity index (χ1v) is 9.16. The smallest absolute Gasteiger partial charge is 0.323 e. The molecule has 10 nitrogen and oxygen atoms in total. The van der Waals surface area contributed by atoms with Crippen molar-refractivity contribution in [3.05, 3.63) is 11.1 Å². The summed E-state index contributed by atoms with van der Waals surface area (Å²) in [6, 6.07) is 0. The van der Waals surface area contributed by atoms with Crippen LogP contribution in [0.3, 0.4) is 0 Å². The zero-order valence-electron chi connectivity index (χ0n) is 15.5. The van der Waals surface area contributed by atoms with Crippen molar-refractivity contribution in [1.29, 1.82) is 0 Å². The summed E-state index contributed by atoms with van der Waals surface area (Å²) in [5.74, 6) is -10.2. The van der Waals surface area contributed by atoms with Gasteiger partial charge in [0.2, 0.25) is 0 Å². The third kappa shape index (κ3) is 1.91. The van der Waals surface area contributed by atoms with Crippen LogP contribution in [-0.4, -0.2) is 50.0 Å². The average molecular weight is 404 g/mol. The number of allylic oxidation sites excluding steroid dienone is 2. The Labute approximate surface area is 163 Å². The highest BCUT2D eigenvalue weighted by atomic mass is 16.6. The van der Waals surface area contributed by atoms with Crippen LogP contribution in [-0.2, 0) is 47.7 Å². The van der Waals surface area contributed by atoms with E-state index in [4.69, 9.17) is 18.9 Å². The van der Waals surface area contributed by atoms with Crippen molar-refractivity contribution in [3.63, 3.8) is 0 Å². The van der Waals surface area contributed by atoms with Crippen LogP contribution in [0.25, 0.3) is 0 Å². The molecule has 0 aromatic carbocycles. The number of carbonyl (C=O) groups excluding carboxylic acids is 6. The summed E-state index contributed by atoms with van der Waals surface area (Å²) in [4.78, 5) is 74.9. The maximum Gasteiger partial charge on any atom is 0.323 e. The molecule has 2 heterocycles. The molecule has 10 heteroatoms. The van der Waals surface area contributed by atoms with Gasteiger partial charge in [-0.25, -0.2) is 0 Å². The van der Waals surface area contributed by atoms with Gasteiger partial charge in [-0.3, -0.25) is 28.8 Å². The maximum atomic E-state index is 12.6. The van der Waals surface area contributed by atoms with E-state index in [-0.39, 0.29) is 12.8 Å². The minimum Gasteiger partial charge on any atom is -0.468 e. The first kappa shape index (κ1) is 18.0. The number of methoxy groups -OCH3 is 2. The molecule has 0 N–H and O–H groups in total. The highest BCUT2D eigenvalue weighted by Gasteiger charge is 2.74. The molecule has 0 radical (unpaired) electrons. The minimum atomic E-state index is -1.68. The SMILES string of the molecule is COC(=O)C1(C(=O)OC)CC2=C(C1)C1[C@H]3C(=O)OC(=O)[C@H]3C2[C@H]2C(=O)OC(=O)[C@@H]12. The molecule has 6 aliphatic rings. The normalized spacial score (nSPS) is 38.3. The molecule has 152 valence electrons. The first-order valence-electron chi connectivity index (χ1n) is 9.16. The van der Waals surface area contributed by atoms with Gasteiger partial charge in [-0.15, -0.1) is 0 Å². The van der Waals surface area contributed by atoms with Crippen molar-refractivity contribution >= 4 is 35.8 Å². The Morgan fingerprint density at radius 3 is 1.28 bits per heavy atom. The first-order chi connectivity index (χ1) is 13.8. The van der Waals surface area contributed by atoms with Gasteiger partial charge in [-0.05, 0) is 12.8 Å². The Balaban J connectivity index is 1.68. The predicted molar refractivity (Wildman–Crippen MR) is 85.9 cm³/mol. The Morgan fingerprint density at radius 2 is 1.00 bits per heavy atom. The van der Waals surface area contributed by atoms with Crippen LogP contribution in [0, 0.1) is 40.9 Å². The fourth-order valence-electron chi connectivity index (χ4n) is 6.22. The Morgan fingerprint density at radius 1 is 0.690 bits per heavy atom. The predicted octanol–water partition coefficient (Wildman–Crippen LogP) is -0.700. The third-order valence-electron chi connectivity index (χ3n) is 7.17. The van der Waals surface area contributed by atoms with Crippen molar-refractivity contribution in [3.8, 4) is 0 Å². The van der Waals surface area contributed by atoms with E-state index in [9.17, 15) is 28.8 Å². The Bertz CT molecular complexity index is 842. The molecule has 0 amide bonds. The van der Waals surface area contributed by atoms with Gasteiger partial charge in [-0.2, -0.15) is 0 Å². The Hall–Kier alpha value is -3.04. The molecule has 6 atom stereocenters. The minimum absolute atomic E-state index is 0.113. The molecule has 2 aliphatic heterocycles. The monoisotopic (exact) mass is 404 g/mol. The number of hydrogen-bond donors (Lipinski definition) is 0. The Kier molecular flexibility index (Phi) is 3.43. The van der Waals surface area contributed by atoms with Gasteiger partial charge < -0.3 is 18.9 Å². The van der Waals surface area contributed by atoms with Gasteiger partial charge in [-0.1, -0.05) is 11.1 Å². The summed E-state index contributed by atoms with van der Waals surface area (Å²) in [6.45, 7) is 0. The van der Waals surface area contributed by atoms with Crippen molar-refractivity contribution in [2.45, 2.75) is 12.8 Å². The molecule has 0 aromatic heterocycles. The zero-order chi connectivity index (χ0) is 20.8. The largest absolute Gasteiger partial charge is 0.468 e. The lowest BCUT2D eigenvalue weighted by atomic mass is 9.50. The van der Waals surface area contributed by atoms with Gasteiger partial charge in [0.15, 0.2) is 5.41 Å². The third-order valence-corrected chi connectivity index (χ3v) is 7.17. The molecule has 2 bridgehead atoms. The van der Waals surface area contributed by atoms with Gasteiger partial charge in [0.25, 0.3) is 0 Å². The van der Waals surface area contributed by atoms with E-state index in [2.05, 4.69) is 0 Å².